The zero-order valence-corrected chi connectivity index (χ0v) is 51.4. The Hall–Kier alpha value is -3.38. The van der Waals surface area contributed by atoms with Crippen LogP contribution in [0.25, 0.3) is 50.4 Å². The maximum absolute atomic E-state index is 14.4. The zero-order valence-electron chi connectivity index (χ0n) is 46.5. The molecule has 0 fully saturated rings. The highest BCUT2D eigenvalue weighted by molar-refractivity contribution is 7.27. The maximum atomic E-state index is 14.4. The van der Waals surface area contributed by atoms with Gasteiger partial charge >= 0.3 is 0 Å². The summed E-state index contributed by atoms with van der Waals surface area (Å²) in [5, 5.41) is 11.1. The molecular weight excluding hydrogens is 1020 g/mol. The second-order valence-electron chi connectivity index (χ2n) is 20.7. The van der Waals surface area contributed by atoms with E-state index in [0.717, 1.165) is 48.3 Å². The van der Waals surface area contributed by atoms with E-state index in [9.17, 15) is 9.59 Å². The predicted molar refractivity (Wildman–Crippen MR) is 331 cm³/mol. The van der Waals surface area contributed by atoms with Gasteiger partial charge in [0.2, 0.25) is 0 Å². The summed E-state index contributed by atoms with van der Waals surface area (Å²) >= 11 is 11.0. The van der Waals surface area contributed by atoms with Crippen LogP contribution in [0.4, 0.5) is 0 Å². The molecule has 2 amide bonds. The third kappa shape index (κ3) is 13.8. The fourth-order valence-electron chi connectivity index (χ4n) is 11.0. The van der Waals surface area contributed by atoms with Crippen LogP contribution in [0.5, 0.6) is 0 Å². The van der Waals surface area contributed by atoms with E-state index in [-0.39, 0.29) is 11.8 Å². The first-order valence-corrected chi connectivity index (χ1v) is 33.9. The van der Waals surface area contributed by atoms with E-state index in [1.807, 2.05) is 59.2 Å². The number of hydrogen-bond donors (Lipinski definition) is 2. The maximum Gasteiger partial charge on any atom is 0.258 e. The summed E-state index contributed by atoms with van der Waals surface area (Å²) in [6.45, 7) is 22.5. The van der Waals surface area contributed by atoms with E-state index in [0.29, 0.717) is 46.2 Å². The molecule has 0 radical (unpaired) electrons. The summed E-state index contributed by atoms with van der Waals surface area (Å²) in [4.78, 5) is 41.4. The molecule has 4 unspecified atom stereocenters. The quantitative estimate of drug-likeness (QED) is 0.0472. The lowest BCUT2D eigenvalue weighted by Gasteiger charge is -2.14. The zero-order chi connectivity index (χ0) is 52.7. The van der Waals surface area contributed by atoms with Gasteiger partial charge in [-0.05, 0) is 131 Å². The lowest BCUT2D eigenvalue weighted by Crippen LogP contribution is -2.20. The van der Waals surface area contributed by atoms with E-state index in [1.54, 1.807) is 22.7 Å². The van der Waals surface area contributed by atoms with Crippen molar-refractivity contribution >= 4 is 91.2 Å². The summed E-state index contributed by atoms with van der Waals surface area (Å²) in [6, 6.07) is 18.6. The van der Waals surface area contributed by atoms with Gasteiger partial charge in [-0.25, -0.2) is 0 Å². The van der Waals surface area contributed by atoms with Crippen molar-refractivity contribution in [3.05, 3.63) is 102 Å². The van der Waals surface area contributed by atoms with Crippen molar-refractivity contribution in [3.8, 4) is 39.0 Å². The van der Waals surface area contributed by atoms with Crippen LogP contribution in [0.1, 0.15) is 204 Å². The van der Waals surface area contributed by atoms with Crippen LogP contribution in [0.2, 0.25) is 0 Å². The highest BCUT2D eigenvalue weighted by atomic mass is 32.1. The van der Waals surface area contributed by atoms with Crippen molar-refractivity contribution in [2.45, 2.75) is 198 Å². The van der Waals surface area contributed by atoms with E-state index in [2.05, 4.69) is 125 Å². The lowest BCUT2D eigenvalue weighted by atomic mass is 9.91. The summed E-state index contributed by atoms with van der Waals surface area (Å²) in [6.07, 6.45) is 23.8. The topological polar surface area (TPSA) is 58.2 Å². The largest absolute Gasteiger partial charge is 0.320 e. The van der Waals surface area contributed by atoms with Crippen LogP contribution in [-0.2, 0) is 35.3 Å². The highest BCUT2D eigenvalue weighted by Crippen LogP contribution is 2.50. The molecule has 400 valence electrons. The standard InChI is InChI=1S/C62H80N2O2S6.C2H6/c1-9-17-21-39(13-5)33-43-29-31-67-57(43)47-25-27-49(69-47)59-45(35-41(15-7)23-19-11-3)37-51(71-59)55-53-54(62(66)63-55)56(64-61(53)65)52-38-46(36-42(16-8)24-20-12-4)60(72-52)50-28-26-48(70-50)58-44(30-32-68-58)34-40(14-6)22-18-10-2;1-2/h25-32,37-42H,9-24,33-36H2,1-8H3,(H,63,66)(H,64,65);1-2H3. The first-order valence-electron chi connectivity index (χ1n) is 28.9. The summed E-state index contributed by atoms with van der Waals surface area (Å²) < 4.78 is 0. The smallest absolute Gasteiger partial charge is 0.258 e. The molecule has 6 aromatic rings. The Morgan fingerprint density at radius 2 is 0.703 bits per heavy atom. The molecule has 0 bridgehead atoms. The number of rotatable bonds is 30. The first kappa shape index (κ1) is 58.3. The summed E-state index contributed by atoms with van der Waals surface area (Å²) in [7, 11) is 0. The molecule has 0 aliphatic carbocycles. The average molecular weight is 1110 g/mol. The third-order valence-electron chi connectivity index (χ3n) is 15.6. The van der Waals surface area contributed by atoms with Crippen LogP contribution in [0.3, 0.4) is 0 Å². The predicted octanol–water partition coefficient (Wildman–Crippen LogP) is 21.2. The van der Waals surface area contributed by atoms with Crippen molar-refractivity contribution in [3.63, 3.8) is 0 Å². The molecule has 8 rings (SSSR count). The summed E-state index contributed by atoms with van der Waals surface area (Å²) in [5.74, 6) is 2.20. The molecule has 0 saturated heterocycles. The molecular formula is C64H86N2O2S6. The van der Waals surface area contributed by atoms with Gasteiger partial charge in [-0.1, -0.05) is 172 Å². The Balaban J connectivity index is 0.00000395. The number of carbonyl (C=O) groups excluding carboxylic acids is 2. The Morgan fingerprint density at radius 3 is 1.01 bits per heavy atom. The molecule has 74 heavy (non-hydrogen) atoms. The molecule has 0 spiro atoms. The molecule has 0 saturated carbocycles. The Labute approximate surface area is 470 Å². The van der Waals surface area contributed by atoms with Crippen LogP contribution < -0.4 is 10.6 Å². The molecule has 2 aliphatic rings. The minimum absolute atomic E-state index is 0.189. The van der Waals surface area contributed by atoms with Crippen LogP contribution in [-0.4, -0.2) is 11.8 Å². The Morgan fingerprint density at radius 1 is 0.392 bits per heavy atom. The van der Waals surface area contributed by atoms with Crippen molar-refractivity contribution in [2.75, 3.05) is 0 Å². The van der Waals surface area contributed by atoms with Gasteiger partial charge in [-0.3, -0.25) is 9.59 Å². The van der Waals surface area contributed by atoms with Gasteiger partial charge in [0.25, 0.3) is 11.8 Å². The monoisotopic (exact) mass is 1110 g/mol. The van der Waals surface area contributed by atoms with E-state index >= 15 is 0 Å². The van der Waals surface area contributed by atoms with Gasteiger partial charge < -0.3 is 10.6 Å². The molecule has 4 atom stereocenters. The number of thiophene rings is 6. The van der Waals surface area contributed by atoms with Crippen molar-refractivity contribution in [1.29, 1.82) is 0 Å². The Kier molecular flexibility index (Phi) is 22.7. The number of fused-ring (bicyclic) bond motifs is 1. The van der Waals surface area contributed by atoms with Crippen LogP contribution in [0.15, 0.2) is 70.4 Å². The van der Waals surface area contributed by atoms with Gasteiger partial charge in [-0.2, -0.15) is 0 Å². The minimum atomic E-state index is -0.189. The molecule has 6 aromatic heterocycles. The number of carbonyl (C=O) groups is 2. The van der Waals surface area contributed by atoms with E-state index in [1.165, 1.54) is 151 Å². The third-order valence-corrected chi connectivity index (χ3v) is 22.8. The normalized spacial score (nSPS) is 15.1. The van der Waals surface area contributed by atoms with Gasteiger partial charge in [0.15, 0.2) is 0 Å². The minimum Gasteiger partial charge on any atom is -0.320 e. The number of nitrogens with one attached hydrogen (secondary N) is 2. The molecule has 4 nitrogen and oxygen atoms in total. The van der Waals surface area contributed by atoms with Crippen molar-refractivity contribution in [1.82, 2.24) is 10.6 Å². The second-order valence-corrected chi connectivity index (χ2v) is 26.8. The molecule has 2 N–H and O–H groups in total. The van der Waals surface area contributed by atoms with Crippen LogP contribution >= 0.6 is 68.0 Å². The highest BCUT2D eigenvalue weighted by Gasteiger charge is 2.42. The SMILES string of the molecule is CC.CCCCC(CC)Cc1ccsc1-c1ccc(-c2sc(C3=C4C(=O)NC(c5cc(CC(CC)CCCC)c(-c6ccc(-c7sccc7CC(CC)CCCC)s6)s5)=C4C(=O)N3)cc2CC(CC)CCCC)s1. The number of hydrogen-bond acceptors (Lipinski definition) is 8. The first-order chi connectivity index (χ1) is 36.1. The van der Waals surface area contributed by atoms with Crippen molar-refractivity contribution < 1.29 is 9.59 Å². The molecule has 2 aliphatic heterocycles. The Bertz CT molecular complexity index is 2610. The van der Waals surface area contributed by atoms with Gasteiger partial charge in [0.05, 0.1) is 32.3 Å². The summed E-state index contributed by atoms with van der Waals surface area (Å²) in [5.41, 5.74) is 7.93. The second kappa shape index (κ2) is 28.8. The molecule has 8 heterocycles. The molecule has 10 heteroatoms. The lowest BCUT2D eigenvalue weighted by molar-refractivity contribution is -0.117. The molecule has 0 aromatic carbocycles. The van der Waals surface area contributed by atoms with Gasteiger partial charge in [0, 0.05) is 39.0 Å². The van der Waals surface area contributed by atoms with Crippen molar-refractivity contribution in [2.24, 2.45) is 23.7 Å². The van der Waals surface area contributed by atoms with Gasteiger partial charge in [-0.15, -0.1) is 68.0 Å². The van der Waals surface area contributed by atoms with E-state index in [4.69, 9.17) is 0 Å². The average Bonchev–Trinajstić information content (AvgIpc) is 4.28. The fourth-order valence-corrected chi connectivity index (χ4v) is 17.9. The number of unbranched alkanes of at least 4 members (excludes halogenated alkanes) is 4. The van der Waals surface area contributed by atoms with Crippen LogP contribution in [0, 0.1) is 23.7 Å². The fraction of sp³-hybridized carbons (Fsp3) is 0.531. The van der Waals surface area contributed by atoms with E-state index < -0.39 is 0 Å². The number of amides is 2. The van der Waals surface area contributed by atoms with Gasteiger partial charge in [0.1, 0.15) is 0 Å².